The molecule has 0 aromatic rings. The molecule has 1 amide bonds. The molecular formula is C49H86NO8P. The first kappa shape index (κ1) is 56.5. The highest BCUT2D eigenvalue weighted by Crippen LogP contribution is 2.42. The maximum absolute atomic E-state index is 12.1. The lowest BCUT2D eigenvalue weighted by atomic mass is 10.1. The maximum Gasteiger partial charge on any atom is 0.472 e. The number of amides is 1. The zero-order valence-corrected chi connectivity index (χ0v) is 38.3. The fraction of sp³-hybridized carbons (Fsp3) is 0.714. The van der Waals surface area contributed by atoms with E-state index in [4.69, 9.17) is 13.8 Å². The molecule has 0 aliphatic carbocycles. The Morgan fingerprint density at radius 2 is 0.966 bits per heavy atom. The molecule has 0 saturated heterocycles. The summed E-state index contributed by atoms with van der Waals surface area (Å²) in [5.74, 6) is -0.537. The van der Waals surface area contributed by atoms with Gasteiger partial charge in [0.2, 0.25) is 5.91 Å². The minimum Gasteiger partial charge on any atom is -0.463 e. The smallest absolute Gasteiger partial charge is 0.463 e. The van der Waals surface area contributed by atoms with Gasteiger partial charge in [0.1, 0.15) is 12.7 Å². The first-order valence-corrected chi connectivity index (χ1v) is 24.9. The van der Waals surface area contributed by atoms with Crippen molar-refractivity contribution in [1.82, 2.24) is 5.32 Å². The quantitative estimate of drug-likeness (QED) is 0.0239. The molecule has 9 nitrogen and oxygen atoms in total. The van der Waals surface area contributed by atoms with E-state index in [-0.39, 0.29) is 32.1 Å². The molecule has 0 aromatic heterocycles. The minimum absolute atomic E-state index is 0.0728. The van der Waals surface area contributed by atoms with Crippen LogP contribution in [0.4, 0.5) is 0 Å². The van der Waals surface area contributed by atoms with Gasteiger partial charge in [-0.05, 0) is 83.5 Å². The summed E-state index contributed by atoms with van der Waals surface area (Å²) in [5, 5.41) is 12.7. The molecule has 0 radical (unpaired) electrons. The van der Waals surface area contributed by atoms with Crippen LogP contribution >= 0.6 is 7.82 Å². The molecule has 340 valence electrons. The predicted molar refractivity (Wildman–Crippen MR) is 247 cm³/mol. The number of hydrogen-bond acceptors (Lipinski definition) is 7. The van der Waals surface area contributed by atoms with Crippen LogP contribution in [-0.4, -0.2) is 54.3 Å². The number of carbonyl (C=O) groups is 2. The second-order valence-corrected chi connectivity index (χ2v) is 16.8. The third-order valence-electron chi connectivity index (χ3n) is 9.62. The molecular weight excluding hydrogens is 762 g/mol. The number of ether oxygens (including phenoxy) is 1. The Hall–Kier alpha value is -2.55. The number of hydrogen-bond donors (Lipinski definition) is 3. The van der Waals surface area contributed by atoms with E-state index in [1.807, 2.05) is 0 Å². The molecule has 0 heterocycles. The van der Waals surface area contributed by atoms with Gasteiger partial charge in [-0.2, -0.15) is 0 Å². The average molecular weight is 848 g/mol. The second-order valence-electron chi connectivity index (χ2n) is 15.3. The SMILES string of the molecule is CC/C=C\C/C=C\C/C=C\CCCCCCCCCC(=O)OCC(O)COP(=O)(O)OCCNC(=O)CCCCCCCCCC/C=C\C/C=C\C/C=C\CCCCC. The lowest BCUT2D eigenvalue weighted by Gasteiger charge is -2.15. The largest absolute Gasteiger partial charge is 0.472 e. The fourth-order valence-electron chi connectivity index (χ4n) is 6.11. The Morgan fingerprint density at radius 3 is 1.46 bits per heavy atom. The summed E-state index contributed by atoms with van der Waals surface area (Å²) in [5.41, 5.74) is 0. The van der Waals surface area contributed by atoms with E-state index in [0.717, 1.165) is 89.9 Å². The highest BCUT2D eigenvalue weighted by molar-refractivity contribution is 7.47. The third-order valence-corrected chi connectivity index (χ3v) is 10.6. The van der Waals surface area contributed by atoms with Crippen molar-refractivity contribution in [3.05, 3.63) is 72.9 Å². The number of phosphoric acid groups is 1. The van der Waals surface area contributed by atoms with Gasteiger partial charge < -0.3 is 20.1 Å². The molecule has 0 rings (SSSR count). The summed E-state index contributed by atoms with van der Waals surface area (Å²) in [6.45, 7) is 3.39. The van der Waals surface area contributed by atoms with Crippen molar-refractivity contribution in [2.75, 3.05) is 26.4 Å². The Morgan fingerprint density at radius 1 is 0.542 bits per heavy atom. The maximum atomic E-state index is 12.1. The van der Waals surface area contributed by atoms with E-state index >= 15 is 0 Å². The number of nitrogens with one attached hydrogen (secondary N) is 1. The van der Waals surface area contributed by atoms with Gasteiger partial charge in [-0.1, -0.05) is 170 Å². The van der Waals surface area contributed by atoms with Crippen LogP contribution in [0.1, 0.15) is 194 Å². The van der Waals surface area contributed by atoms with E-state index < -0.39 is 26.5 Å². The number of aliphatic hydroxyl groups is 1. The van der Waals surface area contributed by atoms with Crippen molar-refractivity contribution in [1.29, 1.82) is 0 Å². The summed E-state index contributed by atoms with van der Waals surface area (Å²) < 4.78 is 26.9. The molecule has 0 fully saturated rings. The van der Waals surface area contributed by atoms with E-state index in [1.54, 1.807) is 0 Å². The van der Waals surface area contributed by atoms with Gasteiger partial charge >= 0.3 is 13.8 Å². The molecule has 0 saturated carbocycles. The van der Waals surface area contributed by atoms with Gasteiger partial charge in [0.15, 0.2) is 0 Å². The summed E-state index contributed by atoms with van der Waals surface area (Å²) in [4.78, 5) is 34.0. The molecule has 2 unspecified atom stereocenters. The molecule has 0 aliphatic rings. The number of rotatable bonds is 43. The van der Waals surface area contributed by atoms with Crippen molar-refractivity contribution >= 4 is 19.7 Å². The summed E-state index contributed by atoms with van der Waals surface area (Å²) in [6.07, 6.45) is 55.4. The molecule has 0 spiro atoms. The second kappa shape index (κ2) is 45.0. The van der Waals surface area contributed by atoms with Crippen molar-refractivity contribution < 1.29 is 37.9 Å². The van der Waals surface area contributed by atoms with E-state index in [1.165, 1.54) is 77.0 Å². The third kappa shape index (κ3) is 46.4. The number of allylic oxidation sites excluding steroid dienone is 12. The molecule has 0 aliphatic heterocycles. The van der Waals surface area contributed by atoms with Crippen LogP contribution in [0, 0.1) is 0 Å². The highest BCUT2D eigenvalue weighted by atomic mass is 31.2. The van der Waals surface area contributed by atoms with Crippen molar-refractivity contribution in [3.8, 4) is 0 Å². The van der Waals surface area contributed by atoms with Crippen LogP contribution < -0.4 is 5.32 Å². The lowest BCUT2D eigenvalue weighted by molar-refractivity contribution is -0.147. The van der Waals surface area contributed by atoms with Crippen molar-refractivity contribution in [2.45, 2.75) is 200 Å². The molecule has 0 bridgehead atoms. The van der Waals surface area contributed by atoms with Crippen LogP contribution in [0.3, 0.4) is 0 Å². The number of carbonyl (C=O) groups excluding carboxylic acids is 2. The lowest BCUT2D eigenvalue weighted by Crippen LogP contribution is -2.27. The Kier molecular flexibility index (Phi) is 43.0. The van der Waals surface area contributed by atoms with Crippen LogP contribution in [0.25, 0.3) is 0 Å². The monoisotopic (exact) mass is 848 g/mol. The molecule has 0 aromatic carbocycles. The summed E-state index contributed by atoms with van der Waals surface area (Å²) >= 11 is 0. The number of unbranched alkanes of at least 4 members (excludes halogenated alkanes) is 18. The topological polar surface area (TPSA) is 131 Å². The highest BCUT2D eigenvalue weighted by Gasteiger charge is 2.23. The fourth-order valence-corrected chi connectivity index (χ4v) is 6.86. The molecule has 2 atom stereocenters. The Balaban J connectivity index is 3.62. The van der Waals surface area contributed by atoms with Crippen LogP contribution in [0.5, 0.6) is 0 Å². The van der Waals surface area contributed by atoms with E-state index in [2.05, 4.69) is 92.1 Å². The average Bonchev–Trinajstić information content (AvgIpc) is 3.22. The first-order chi connectivity index (χ1) is 28.8. The standard InChI is InChI=1S/C49H86NO8P/c1-3-5-7-9-11-13-15-17-19-21-22-23-24-26-27-29-31-33-35-37-39-41-48(52)50-43-44-57-59(54,55)58-46-47(51)45-56-49(53)42-40-38-36-34-32-30-28-25-20-18-16-14-12-10-8-6-4-2/h6,8,11-14,17-20,22-23,47,51H,3-5,7,9-10,15-16,21,24-46H2,1-2H3,(H,50,52)(H,54,55)/b8-6-,13-11-,14-12-,19-17-,20-18-,23-22-. The minimum atomic E-state index is -4.43. The number of esters is 1. The van der Waals surface area contributed by atoms with Crippen LogP contribution in [-0.2, 0) is 27.9 Å². The first-order valence-electron chi connectivity index (χ1n) is 23.4. The number of aliphatic hydroxyl groups excluding tert-OH is 1. The molecule has 10 heteroatoms. The van der Waals surface area contributed by atoms with Crippen LogP contribution in [0.15, 0.2) is 72.9 Å². The van der Waals surface area contributed by atoms with Gasteiger partial charge in [-0.3, -0.25) is 18.6 Å². The summed E-state index contributed by atoms with van der Waals surface area (Å²) in [6, 6.07) is 0. The van der Waals surface area contributed by atoms with Gasteiger partial charge in [0.05, 0.1) is 13.2 Å². The van der Waals surface area contributed by atoms with Crippen molar-refractivity contribution in [3.63, 3.8) is 0 Å². The van der Waals surface area contributed by atoms with Gasteiger partial charge in [0.25, 0.3) is 0 Å². The van der Waals surface area contributed by atoms with Gasteiger partial charge in [-0.25, -0.2) is 4.57 Å². The van der Waals surface area contributed by atoms with Crippen molar-refractivity contribution in [2.24, 2.45) is 0 Å². The predicted octanol–water partition coefficient (Wildman–Crippen LogP) is 13.4. The van der Waals surface area contributed by atoms with Gasteiger partial charge in [-0.15, -0.1) is 0 Å². The van der Waals surface area contributed by atoms with Gasteiger partial charge in [0, 0.05) is 19.4 Å². The van der Waals surface area contributed by atoms with E-state index in [9.17, 15) is 24.2 Å². The van der Waals surface area contributed by atoms with E-state index in [0.29, 0.717) is 6.42 Å². The summed E-state index contributed by atoms with van der Waals surface area (Å²) in [7, 11) is -4.43. The molecule has 59 heavy (non-hydrogen) atoms. The molecule has 3 N–H and O–H groups in total. The zero-order chi connectivity index (χ0) is 43.2. The normalized spacial score (nSPS) is 13.9. The Labute approximate surface area is 360 Å². The zero-order valence-electron chi connectivity index (χ0n) is 37.4. The Bertz CT molecular complexity index is 1190. The number of phosphoric ester groups is 1. The van der Waals surface area contributed by atoms with Crippen LogP contribution in [0.2, 0.25) is 0 Å².